The van der Waals surface area contributed by atoms with Crippen LogP contribution in [0.4, 0.5) is 8.78 Å². The molecule has 3 heterocycles. The molecule has 0 aliphatic heterocycles. The third-order valence-electron chi connectivity index (χ3n) is 4.45. The number of rotatable bonds is 5. The number of pyridine rings is 1. The summed E-state index contributed by atoms with van der Waals surface area (Å²) in [6.45, 7) is 2.13. The summed E-state index contributed by atoms with van der Waals surface area (Å²) in [6, 6.07) is 10.2. The van der Waals surface area contributed by atoms with Gasteiger partial charge >= 0.3 is 0 Å². The highest BCUT2D eigenvalue weighted by Crippen LogP contribution is 2.32. The molecule has 0 aliphatic carbocycles. The van der Waals surface area contributed by atoms with E-state index in [9.17, 15) is 8.78 Å². The Balaban J connectivity index is 0.000000755. The van der Waals surface area contributed by atoms with Crippen molar-refractivity contribution in [3.8, 4) is 22.5 Å². The van der Waals surface area contributed by atoms with Gasteiger partial charge in [0.05, 0.1) is 24.4 Å². The molecule has 1 aromatic carbocycles. The molecular weight excluding hydrogens is 376 g/mol. The zero-order chi connectivity index (χ0) is 20.8. The lowest BCUT2D eigenvalue weighted by molar-refractivity contribution is -0.106. The van der Waals surface area contributed by atoms with E-state index in [2.05, 4.69) is 15.7 Å². The molecule has 0 unspecified atom stereocenters. The van der Waals surface area contributed by atoms with Gasteiger partial charge in [-0.1, -0.05) is 0 Å². The quantitative estimate of drug-likeness (QED) is 0.521. The van der Waals surface area contributed by atoms with Crippen LogP contribution in [0.25, 0.3) is 28.2 Å². The molecule has 0 bridgehead atoms. The van der Waals surface area contributed by atoms with Crippen LogP contribution in [0.1, 0.15) is 12.1 Å². The predicted molar refractivity (Wildman–Crippen MR) is 107 cm³/mol. The molecule has 4 rings (SSSR count). The molecule has 3 aromatic heterocycles. The van der Waals surface area contributed by atoms with E-state index < -0.39 is 0 Å². The minimum atomic E-state index is -0.386. The summed E-state index contributed by atoms with van der Waals surface area (Å²) in [4.78, 5) is 17.5. The maximum atomic E-state index is 13.3. The molecule has 29 heavy (non-hydrogen) atoms. The first-order valence-corrected chi connectivity index (χ1v) is 9.05. The van der Waals surface area contributed by atoms with Gasteiger partial charge in [0.25, 0.3) is 0 Å². The third-order valence-corrected chi connectivity index (χ3v) is 4.45. The average Bonchev–Trinajstić information content (AvgIpc) is 3.31. The van der Waals surface area contributed by atoms with Gasteiger partial charge in [-0.2, -0.15) is 0 Å². The predicted octanol–water partition coefficient (Wildman–Crippen LogP) is 3.77. The van der Waals surface area contributed by atoms with Gasteiger partial charge in [-0.15, -0.1) is 0 Å². The molecule has 0 aliphatic rings. The molecule has 0 atom stereocenters. The van der Waals surface area contributed by atoms with Gasteiger partial charge in [-0.25, -0.2) is 14.4 Å². The van der Waals surface area contributed by atoms with Gasteiger partial charge < -0.3 is 14.7 Å². The van der Waals surface area contributed by atoms with Crippen LogP contribution in [0.15, 0.2) is 55.1 Å². The Bertz CT molecular complexity index is 1100. The number of aryl methyl sites for hydroxylation is 2. The maximum Gasteiger partial charge on any atom is 0.204 e. The number of amides is 1. The summed E-state index contributed by atoms with van der Waals surface area (Å²) in [5.74, 6) is -0.289. The standard InChI is InChI=1S/C20H18F2N4.CH3NO/c1-14-11-23-18-8-5-16(12-26(14)18)20-19(15-3-6-17(22)7-4-15)24-13-25(20)10-2-9-21;2-1-3/h3-8,11-13H,2,9-10H2,1H3;1H,(H2,2,3). The smallest absolute Gasteiger partial charge is 0.204 e. The van der Waals surface area contributed by atoms with E-state index in [0.29, 0.717) is 13.0 Å². The second-order valence-electron chi connectivity index (χ2n) is 6.37. The number of hydrogen-bond acceptors (Lipinski definition) is 3. The normalized spacial score (nSPS) is 10.6. The Morgan fingerprint density at radius 1 is 1.10 bits per heavy atom. The number of carbonyl (C=O) groups excluding carboxylic acids is 1. The Morgan fingerprint density at radius 3 is 2.48 bits per heavy atom. The van der Waals surface area contributed by atoms with E-state index in [-0.39, 0.29) is 18.9 Å². The molecule has 0 spiro atoms. The number of imidazole rings is 2. The first-order valence-electron chi connectivity index (χ1n) is 9.05. The first kappa shape index (κ1) is 20.2. The second-order valence-corrected chi connectivity index (χ2v) is 6.37. The van der Waals surface area contributed by atoms with Crippen LogP contribution in [0, 0.1) is 12.7 Å². The minimum Gasteiger partial charge on any atom is -0.372 e. The highest BCUT2D eigenvalue weighted by atomic mass is 19.1. The molecule has 0 fully saturated rings. The van der Waals surface area contributed by atoms with Gasteiger partial charge in [-0.05, 0) is 49.7 Å². The summed E-state index contributed by atoms with van der Waals surface area (Å²) in [7, 11) is 0. The number of carbonyl (C=O) groups is 1. The Labute approximate surface area is 166 Å². The van der Waals surface area contributed by atoms with E-state index >= 15 is 0 Å². The number of hydrogen-bond donors (Lipinski definition) is 1. The first-order chi connectivity index (χ1) is 14.1. The minimum absolute atomic E-state index is 0.250. The number of halogens is 2. The van der Waals surface area contributed by atoms with Crippen LogP contribution in [-0.4, -0.2) is 32.0 Å². The molecule has 4 aromatic rings. The summed E-state index contributed by atoms with van der Waals surface area (Å²) in [6.07, 6.45) is 6.21. The van der Waals surface area contributed by atoms with Crippen LogP contribution in [-0.2, 0) is 11.3 Å². The van der Waals surface area contributed by atoms with Crippen LogP contribution < -0.4 is 5.73 Å². The monoisotopic (exact) mass is 397 g/mol. The highest BCUT2D eigenvalue weighted by molar-refractivity contribution is 5.78. The van der Waals surface area contributed by atoms with Crippen molar-refractivity contribution in [3.05, 3.63) is 66.6 Å². The van der Waals surface area contributed by atoms with Crippen molar-refractivity contribution < 1.29 is 13.6 Å². The van der Waals surface area contributed by atoms with E-state index in [1.807, 2.05) is 40.4 Å². The Kier molecular flexibility index (Phi) is 6.33. The van der Waals surface area contributed by atoms with Gasteiger partial charge in [0, 0.05) is 35.8 Å². The maximum absolute atomic E-state index is 13.3. The number of alkyl halides is 1. The Hall–Kier alpha value is -3.55. The van der Waals surface area contributed by atoms with Crippen molar-refractivity contribution >= 4 is 12.1 Å². The fraction of sp³-hybridized carbons (Fsp3) is 0.190. The molecule has 0 saturated heterocycles. The van der Waals surface area contributed by atoms with Gasteiger partial charge in [0.2, 0.25) is 6.41 Å². The van der Waals surface area contributed by atoms with E-state index in [4.69, 9.17) is 4.79 Å². The number of nitrogens with zero attached hydrogens (tertiary/aromatic N) is 4. The molecule has 1 amide bonds. The van der Waals surface area contributed by atoms with Gasteiger partial charge in [0.1, 0.15) is 11.5 Å². The Morgan fingerprint density at radius 2 is 1.79 bits per heavy atom. The van der Waals surface area contributed by atoms with E-state index in [1.165, 1.54) is 12.1 Å². The van der Waals surface area contributed by atoms with Crippen molar-refractivity contribution in [1.82, 2.24) is 18.9 Å². The summed E-state index contributed by atoms with van der Waals surface area (Å²) in [5, 5.41) is 0. The second kappa shape index (κ2) is 9.09. The number of primary amides is 1. The number of fused-ring (bicyclic) bond motifs is 1. The SMILES string of the molecule is Cc1cnc2ccc(-c3c(-c4ccc(F)cc4)ncn3CCCF)cn12.NC=O. The molecule has 2 N–H and O–H groups in total. The van der Waals surface area contributed by atoms with E-state index in [0.717, 1.165) is 33.9 Å². The van der Waals surface area contributed by atoms with Gasteiger partial charge in [0.15, 0.2) is 0 Å². The lowest BCUT2D eigenvalue weighted by atomic mass is 10.1. The number of benzene rings is 1. The largest absolute Gasteiger partial charge is 0.372 e. The summed E-state index contributed by atoms with van der Waals surface area (Å²) < 4.78 is 30.0. The molecule has 0 saturated carbocycles. The van der Waals surface area contributed by atoms with Crippen molar-refractivity contribution in [3.63, 3.8) is 0 Å². The fourth-order valence-electron chi connectivity index (χ4n) is 3.15. The highest BCUT2D eigenvalue weighted by Gasteiger charge is 2.16. The lowest BCUT2D eigenvalue weighted by Gasteiger charge is -2.11. The third kappa shape index (κ3) is 4.31. The zero-order valence-corrected chi connectivity index (χ0v) is 15.9. The average molecular weight is 397 g/mol. The van der Waals surface area contributed by atoms with Crippen LogP contribution in [0.2, 0.25) is 0 Å². The fourth-order valence-corrected chi connectivity index (χ4v) is 3.15. The molecule has 8 heteroatoms. The molecule has 6 nitrogen and oxygen atoms in total. The van der Waals surface area contributed by atoms with E-state index in [1.54, 1.807) is 18.5 Å². The topological polar surface area (TPSA) is 78.2 Å². The van der Waals surface area contributed by atoms with Crippen molar-refractivity contribution in [2.24, 2.45) is 5.73 Å². The van der Waals surface area contributed by atoms with Crippen LogP contribution in [0.3, 0.4) is 0 Å². The van der Waals surface area contributed by atoms with Crippen molar-refractivity contribution in [2.75, 3.05) is 6.67 Å². The molecule has 0 radical (unpaired) electrons. The summed E-state index contributed by atoms with van der Waals surface area (Å²) >= 11 is 0. The van der Waals surface area contributed by atoms with Crippen LogP contribution in [0.5, 0.6) is 0 Å². The van der Waals surface area contributed by atoms with Crippen molar-refractivity contribution in [1.29, 1.82) is 0 Å². The van der Waals surface area contributed by atoms with Crippen LogP contribution >= 0.6 is 0 Å². The lowest BCUT2D eigenvalue weighted by Crippen LogP contribution is -2.01. The summed E-state index contributed by atoms with van der Waals surface area (Å²) in [5.41, 5.74) is 9.47. The number of nitrogens with two attached hydrogens (primary N) is 1. The molecular formula is C21H21F2N5O. The number of aromatic nitrogens is 4. The van der Waals surface area contributed by atoms with Crippen molar-refractivity contribution in [2.45, 2.75) is 19.9 Å². The zero-order valence-electron chi connectivity index (χ0n) is 15.9. The van der Waals surface area contributed by atoms with Gasteiger partial charge in [-0.3, -0.25) is 9.18 Å². The molecule has 150 valence electrons.